The van der Waals surface area contributed by atoms with Gasteiger partial charge in [-0.05, 0) is 61.4 Å². The SMILES string of the molecule is CC(NC(=O)CCC/C=C\C[C@@H]1[C@@H](/C=C/[C@@H](O)COc2cccc(Cl)c2)[C@H](O)C[C@@H]1O)C(=O)OCc1ccc(CON(O)O)cc1. The summed E-state index contributed by atoms with van der Waals surface area (Å²) in [6.45, 7) is 1.53. The molecule has 1 unspecified atom stereocenters. The first-order valence-electron chi connectivity index (χ1n) is 15.1. The van der Waals surface area contributed by atoms with Crippen LogP contribution in [0.1, 0.15) is 50.2 Å². The summed E-state index contributed by atoms with van der Waals surface area (Å²) < 4.78 is 10.8. The molecule has 1 fully saturated rings. The van der Waals surface area contributed by atoms with Gasteiger partial charge in [-0.25, -0.2) is 9.63 Å². The van der Waals surface area contributed by atoms with Crippen molar-refractivity contribution in [3.63, 3.8) is 0 Å². The molecule has 1 saturated carbocycles. The third kappa shape index (κ3) is 13.2. The van der Waals surface area contributed by atoms with Crippen LogP contribution in [0.4, 0.5) is 0 Å². The Hall–Kier alpha value is -3.33. The highest BCUT2D eigenvalue weighted by molar-refractivity contribution is 6.30. The van der Waals surface area contributed by atoms with E-state index in [1.807, 2.05) is 12.2 Å². The Labute approximate surface area is 273 Å². The summed E-state index contributed by atoms with van der Waals surface area (Å²) in [5.41, 5.74) is 1.39. The average molecular weight is 663 g/mol. The second-order valence-corrected chi connectivity index (χ2v) is 11.6. The van der Waals surface area contributed by atoms with Gasteiger partial charge in [0.2, 0.25) is 5.91 Å². The van der Waals surface area contributed by atoms with Crippen molar-refractivity contribution in [3.05, 3.63) is 89.0 Å². The molecule has 12 nitrogen and oxygen atoms in total. The maximum atomic E-state index is 12.3. The van der Waals surface area contributed by atoms with Gasteiger partial charge in [0.25, 0.3) is 0 Å². The number of esters is 1. The van der Waals surface area contributed by atoms with Crippen LogP contribution >= 0.6 is 11.6 Å². The first-order valence-corrected chi connectivity index (χ1v) is 15.5. The predicted molar refractivity (Wildman–Crippen MR) is 167 cm³/mol. The number of amides is 1. The Bertz CT molecular complexity index is 1290. The molecule has 0 aliphatic heterocycles. The largest absolute Gasteiger partial charge is 0.491 e. The van der Waals surface area contributed by atoms with Crippen LogP contribution in [0.15, 0.2) is 72.8 Å². The molecule has 6 atom stereocenters. The molecule has 0 heterocycles. The second-order valence-electron chi connectivity index (χ2n) is 11.2. The molecule has 0 spiro atoms. The zero-order valence-electron chi connectivity index (χ0n) is 25.7. The van der Waals surface area contributed by atoms with Crippen molar-refractivity contribution in [1.82, 2.24) is 10.7 Å². The Morgan fingerprint density at radius 3 is 2.48 bits per heavy atom. The highest BCUT2D eigenvalue weighted by Gasteiger charge is 2.39. The first kappa shape index (κ1) is 37.1. The predicted octanol–water partition coefficient (Wildman–Crippen LogP) is 3.87. The zero-order valence-corrected chi connectivity index (χ0v) is 26.4. The van der Waals surface area contributed by atoms with Gasteiger partial charge >= 0.3 is 5.97 Å². The minimum atomic E-state index is -0.900. The Balaban J connectivity index is 1.32. The summed E-state index contributed by atoms with van der Waals surface area (Å²) in [6.07, 6.45) is 7.03. The fourth-order valence-corrected chi connectivity index (χ4v) is 5.20. The Morgan fingerprint density at radius 2 is 1.78 bits per heavy atom. The molecule has 252 valence electrons. The third-order valence-corrected chi connectivity index (χ3v) is 7.75. The molecule has 0 bridgehead atoms. The van der Waals surface area contributed by atoms with Crippen molar-refractivity contribution in [2.75, 3.05) is 6.61 Å². The average Bonchev–Trinajstić information content (AvgIpc) is 3.29. The number of hydrogen-bond donors (Lipinski definition) is 6. The van der Waals surface area contributed by atoms with E-state index in [4.69, 9.17) is 31.5 Å². The van der Waals surface area contributed by atoms with Crippen molar-refractivity contribution in [2.24, 2.45) is 11.8 Å². The van der Waals surface area contributed by atoms with Gasteiger partial charge in [0.05, 0.1) is 24.2 Å². The number of aliphatic hydroxyl groups excluding tert-OH is 3. The molecule has 3 rings (SSSR count). The van der Waals surface area contributed by atoms with E-state index in [2.05, 4.69) is 10.2 Å². The van der Waals surface area contributed by atoms with Crippen LogP contribution in [0, 0.1) is 11.8 Å². The third-order valence-electron chi connectivity index (χ3n) is 7.52. The van der Waals surface area contributed by atoms with Gasteiger partial charge in [-0.3, -0.25) is 15.2 Å². The van der Waals surface area contributed by atoms with Crippen LogP contribution in [0.25, 0.3) is 0 Å². The molecule has 0 radical (unpaired) electrons. The van der Waals surface area contributed by atoms with E-state index in [9.17, 15) is 24.9 Å². The number of halogens is 1. The second kappa shape index (κ2) is 19.4. The monoisotopic (exact) mass is 662 g/mol. The van der Waals surface area contributed by atoms with Crippen molar-refractivity contribution in [3.8, 4) is 5.75 Å². The van der Waals surface area contributed by atoms with Crippen molar-refractivity contribution >= 4 is 23.5 Å². The van der Waals surface area contributed by atoms with E-state index >= 15 is 0 Å². The maximum Gasteiger partial charge on any atom is 0.328 e. The smallest absolute Gasteiger partial charge is 0.328 e. The van der Waals surface area contributed by atoms with E-state index in [0.717, 1.165) is 0 Å². The lowest BCUT2D eigenvalue weighted by atomic mass is 9.89. The van der Waals surface area contributed by atoms with Crippen molar-refractivity contribution < 1.29 is 49.6 Å². The molecule has 2 aromatic carbocycles. The van der Waals surface area contributed by atoms with E-state index in [-0.39, 0.29) is 55.8 Å². The summed E-state index contributed by atoms with van der Waals surface area (Å²) in [6, 6.07) is 12.8. The van der Waals surface area contributed by atoms with Crippen molar-refractivity contribution in [2.45, 2.75) is 76.6 Å². The van der Waals surface area contributed by atoms with Gasteiger partial charge in [0.15, 0.2) is 0 Å². The maximum absolute atomic E-state index is 12.3. The van der Waals surface area contributed by atoms with Gasteiger partial charge < -0.3 is 30.1 Å². The zero-order chi connectivity index (χ0) is 33.5. The molecule has 1 aliphatic carbocycles. The topological polar surface area (TPSA) is 178 Å². The Morgan fingerprint density at radius 1 is 1.07 bits per heavy atom. The fraction of sp³-hybridized carbons (Fsp3) is 0.455. The van der Waals surface area contributed by atoms with Crippen LogP contribution in [-0.4, -0.2) is 74.0 Å². The highest BCUT2D eigenvalue weighted by Crippen LogP contribution is 2.36. The van der Waals surface area contributed by atoms with Crippen molar-refractivity contribution in [1.29, 1.82) is 0 Å². The van der Waals surface area contributed by atoms with E-state index in [1.165, 1.54) is 0 Å². The number of nitrogens with zero attached hydrogens (tertiary/aromatic N) is 1. The quantitative estimate of drug-likeness (QED) is 0.0591. The molecule has 13 heteroatoms. The van der Waals surface area contributed by atoms with Crippen LogP contribution in [0.2, 0.25) is 5.02 Å². The summed E-state index contributed by atoms with van der Waals surface area (Å²) >= 11 is 5.95. The summed E-state index contributed by atoms with van der Waals surface area (Å²) in [7, 11) is 0. The number of carbonyl (C=O) groups excluding carboxylic acids is 2. The molecule has 6 N–H and O–H groups in total. The summed E-state index contributed by atoms with van der Waals surface area (Å²) in [5, 5.41) is 51.2. The fourth-order valence-electron chi connectivity index (χ4n) is 5.02. The molecule has 2 aromatic rings. The lowest BCUT2D eigenvalue weighted by Crippen LogP contribution is -2.39. The normalized spacial score (nSPS) is 21.1. The molecule has 1 aliphatic rings. The molecule has 0 saturated heterocycles. The van der Waals surface area contributed by atoms with Gasteiger partial charge in [-0.1, -0.05) is 66.2 Å². The molecule has 46 heavy (non-hydrogen) atoms. The Kier molecular flexibility index (Phi) is 15.6. The lowest BCUT2D eigenvalue weighted by molar-refractivity contribution is -0.497. The minimum absolute atomic E-state index is 0.0133. The molecular formula is C33H43ClN2O10. The number of allylic oxidation sites excluding steroid dienone is 2. The minimum Gasteiger partial charge on any atom is -0.491 e. The number of aliphatic hydroxyl groups is 3. The summed E-state index contributed by atoms with van der Waals surface area (Å²) in [5.74, 6) is -0.852. The van der Waals surface area contributed by atoms with Crippen LogP contribution in [0.5, 0.6) is 5.75 Å². The number of nitrogens with one attached hydrogen (secondary N) is 1. The number of benzene rings is 2. The summed E-state index contributed by atoms with van der Waals surface area (Å²) in [4.78, 5) is 29.1. The lowest BCUT2D eigenvalue weighted by Gasteiger charge is -2.19. The van der Waals surface area contributed by atoms with Crippen LogP contribution in [0.3, 0.4) is 0 Å². The standard InChI is InChI=1S/C33H43ClN2O10/c1-22(33(41)45-19-23-11-13-24(14-12-23)20-46-36(42)43)35-32(40)10-5-3-2-4-9-28-29(31(39)18-30(28)38)16-15-26(37)21-44-27-8-6-7-25(34)17-27/h2,4,6-8,11-17,22,26,28-31,37-39,42-43H,3,5,9-10,18-21H2,1H3,(H,35,40)/b4-2-,16-15+/t22?,26-,28-,29-,30+,31-/m1/s1. The molecular weight excluding hydrogens is 620 g/mol. The number of rotatable bonds is 18. The molecule has 0 aromatic heterocycles. The van der Waals surface area contributed by atoms with E-state index in [1.54, 1.807) is 67.6 Å². The van der Waals surface area contributed by atoms with Gasteiger partial charge in [0, 0.05) is 23.8 Å². The van der Waals surface area contributed by atoms with E-state index in [0.29, 0.717) is 41.2 Å². The van der Waals surface area contributed by atoms with Gasteiger partial charge in [-0.2, -0.15) is 0 Å². The van der Waals surface area contributed by atoms with Gasteiger partial charge in [0.1, 0.15) is 31.1 Å². The number of unbranched alkanes of at least 4 members (excludes halogenated alkanes) is 1. The molecule has 1 amide bonds. The van der Waals surface area contributed by atoms with Crippen LogP contribution < -0.4 is 10.1 Å². The van der Waals surface area contributed by atoms with E-state index < -0.39 is 30.3 Å². The van der Waals surface area contributed by atoms with Crippen LogP contribution in [-0.2, 0) is 32.4 Å². The highest BCUT2D eigenvalue weighted by atomic mass is 35.5. The number of ether oxygens (including phenoxy) is 2. The van der Waals surface area contributed by atoms with Gasteiger partial charge in [-0.15, -0.1) is 0 Å². The number of carbonyl (C=O) groups is 2. The number of hydrogen-bond acceptors (Lipinski definition) is 11. The first-order chi connectivity index (χ1) is 22.0.